The number of aliphatic carboxylic acids is 1. The van der Waals surface area contributed by atoms with Crippen LogP contribution in [0, 0.1) is 0 Å². The molecule has 1 aromatic rings. The SMILES string of the molecule is O=C([O-])/C=C/c1ccc(OS(=O)(=O)C(F)(F)F)c(Cl)c1. The molecule has 0 heterocycles. The van der Waals surface area contributed by atoms with Gasteiger partial charge in [0.15, 0.2) is 5.75 Å². The van der Waals surface area contributed by atoms with Crippen LogP contribution in [0.3, 0.4) is 0 Å². The van der Waals surface area contributed by atoms with Crippen LogP contribution in [0.2, 0.25) is 5.02 Å². The van der Waals surface area contributed by atoms with Gasteiger partial charge in [-0.3, -0.25) is 0 Å². The predicted octanol–water partition coefficient (Wildman–Crippen LogP) is 1.33. The fraction of sp³-hybridized carbons (Fsp3) is 0.100. The summed E-state index contributed by atoms with van der Waals surface area (Å²) in [5, 5.41) is 9.73. The van der Waals surface area contributed by atoms with Gasteiger partial charge in [0, 0.05) is 0 Å². The average Bonchev–Trinajstić information content (AvgIpc) is 2.28. The Morgan fingerprint density at radius 1 is 1.35 bits per heavy atom. The van der Waals surface area contributed by atoms with E-state index in [2.05, 4.69) is 4.18 Å². The molecule has 10 heteroatoms. The Kier molecular flexibility index (Phi) is 4.66. The van der Waals surface area contributed by atoms with Crippen LogP contribution >= 0.6 is 11.6 Å². The van der Waals surface area contributed by atoms with E-state index in [1.807, 2.05) is 0 Å². The maximum absolute atomic E-state index is 12.1. The lowest BCUT2D eigenvalue weighted by Crippen LogP contribution is -2.28. The molecule has 1 rings (SSSR count). The number of halogens is 4. The summed E-state index contributed by atoms with van der Waals surface area (Å²) in [6.07, 6.45) is 1.72. The van der Waals surface area contributed by atoms with Crippen molar-refractivity contribution in [3.8, 4) is 5.75 Å². The molecule has 0 aliphatic carbocycles. The van der Waals surface area contributed by atoms with Gasteiger partial charge in [-0.05, 0) is 23.8 Å². The van der Waals surface area contributed by atoms with Crippen molar-refractivity contribution in [1.82, 2.24) is 0 Å². The minimum Gasteiger partial charge on any atom is -0.545 e. The first kappa shape index (κ1) is 16.3. The molecular formula is C10H5ClF3O5S-. The summed E-state index contributed by atoms with van der Waals surface area (Å²) >= 11 is 5.55. The molecule has 0 fully saturated rings. The molecule has 1 aromatic carbocycles. The van der Waals surface area contributed by atoms with Crippen LogP contribution in [-0.2, 0) is 14.9 Å². The number of carboxylic acids is 1. The highest BCUT2D eigenvalue weighted by Gasteiger charge is 2.48. The molecule has 0 saturated carbocycles. The first-order chi connectivity index (χ1) is 9.03. The second kappa shape index (κ2) is 5.71. The van der Waals surface area contributed by atoms with E-state index in [0.717, 1.165) is 24.3 Å². The third-order valence-electron chi connectivity index (χ3n) is 1.85. The maximum atomic E-state index is 12.1. The van der Waals surface area contributed by atoms with E-state index >= 15 is 0 Å². The maximum Gasteiger partial charge on any atom is 0.534 e. The zero-order chi connectivity index (χ0) is 15.6. The molecule has 5 nitrogen and oxygen atoms in total. The summed E-state index contributed by atoms with van der Waals surface area (Å²) in [7, 11) is -5.82. The normalized spacial score (nSPS) is 12.6. The molecule has 0 unspecified atom stereocenters. The Balaban J connectivity index is 3.04. The van der Waals surface area contributed by atoms with E-state index in [1.165, 1.54) is 0 Å². The van der Waals surface area contributed by atoms with Crippen LogP contribution in [-0.4, -0.2) is 19.9 Å². The third kappa shape index (κ3) is 4.14. The van der Waals surface area contributed by atoms with Gasteiger partial charge in [0.25, 0.3) is 0 Å². The fourth-order valence-electron chi connectivity index (χ4n) is 1.02. The molecule has 0 spiro atoms. The Labute approximate surface area is 116 Å². The zero-order valence-corrected chi connectivity index (χ0v) is 10.9. The number of rotatable bonds is 4. The first-order valence-corrected chi connectivity index (χ1v) is 6.51. The van der Waals surface area contributed by atoms with Gasteiger partial charge in [-0.1, -0.05) is 23.7 Å². The van der Waals surface area contributed by atoms with Crippen molar-refractivity contribution >= 4 is 33.8 Å². The average molecular weight is 330 g/mol. The minimum atomic E-state index is -5.82. The van der Waals surface area contributed by atoms with Crippen molar-refractivity contribution in [2.24, 2.45) is 0 Å². The molecule has 0 saturated heterocycles. The van der Waals surface area contributed by atoms with Crippen molar-refractivity contribution < 1.29 is 35.7 Å². The molecule has 0 bridgehead atoms. The molecule has 20 heavy (non-hydrogen) atoms. The summed E-state index contributed by atoms with van der Waals surface area (Å²) < 4.78 is 61.7. The van der Waals surface area contributed by atoms with Gasteiger partial charge in [0.1, 0.15) is 0 Å². The second-order valence-corrected chi connectivity index (χ2v) is 5.27. The Morgan fingerprint density at radius 2 is 1.95 bits per heavy atom. The van der Waals surface area contributed by atoms with Crippen LogP contribution < -0.4 is 9.29 Å². The molecule has 0 radical (unpaired) electrons. The number of carbonyl (C=O) groups is 1. The molecule has 0 atom stereocenters. The number of benzene rings is 1. The van der Waals surface area contributed by atoms with Crippen molar-refractivity contribution in [2.75, 3.05) is 0 Å². The van der Waals surface area contributed by atoms with E-state index in [-0.39, 0.29) is 5.56 Å². The molecule has 0 aromatic heterocycles. The van der Waals surface area contributed by atoms with Gasteiger partial charge in [-0.25, -0.2) is 0 Å². The van der Waals surface area contributed by atoms with Crippen LogP contribution in [0.1, 0.15) is 5.56 Å². The first-order valence-electron chi connectivity index (χ1n) is 4.72. The third-order valence-corrected chi connectivity index (χ3v) is 3.11. The van der Waals surface area contributed by atoms with Crippen LogP contribution in [0.25, 0.3) is 6.08 Å². The molecule has 0 aliphatic heterocycles. The van der Waals surface area contributed by atoms with Crippen molar-refractivity contribution in [3.05, 3.63) is 34.9 Å². The standard InChI is InChI=1S/C10H6ClF3O5S/c11-7-5-6(2-4-9(15)16)1-3-8(7)19-20(17,18)10(12,13)14/h1-5H,(H,15,16)/p-1/b4-2+. The number of alkyl halides is 3. The molecule has 0 aliphatic rings. The number of carboxylic acid groups (broad SMARTS) is 1. The summed E-state index contributed by atoms with van der Waals surface area (Å²) in [6.45, 7) is 0. The van der Waals surface area contributed by atoms with Crippen LogP contribution in [0.15, 0.2) is 24.3 Å². The highest BCUT2D eigenvalue weighted by molar-refractivity contribution is 7.88. The molecule has 110 valence electrons. The predicted molar refractivity (Wildman–Crippen MR) is 61.1 cm³/mol. The second-order valence-electron chi connectivity index (χ2n) is 3.33. The summed E-state index contributed by atoms with van der Waals surface area (Å²) in [6, 6.07) is 3.01. The lowest BCUT2D eigenvalue weighted by atomic mass is 10.2. The van der Waals surface area contributed by atoms with Crippen molar-refractivity contribution in [1.29, 1.82) is 0 Å². The van der Waals surface area contributed by atoms with Crippen molar-refractivity contribution in [3.63, 3.8) is 0 Å². The summed E-state index contributed by atoms with van der Waals surface area (Å²) in [5.74, 6) is -2.21. The van der Waals surface area contributed by atoms with Gasteiger partial charge in [0.05, 0.1) is 11.0 Å². The largest absolute Gasteiger partial charge is 0.545 e. The lowest BCUT2D eigenvalue weighted by Gasteiger charge is -2.10. The van der Waals surface area contributed by atoms with E-state index in [1.54, 1.807) is 0 Å². The van der Waals surface area contributed by atoms with Gasteiger partial charge in [-0.15, -0.1) is 0 Å². The Morgan fingerprint density at radius 3 is 2.40 bits per heavy atom. The van der Waals surface area contributed by atoms with E-state index in [4.69, 9.17) is 11.6 Å². The van der Waals surface area contributed by atoms with E-state index < -0.39 is 32.4 Å². The Bertz CT molecular complexity index is 651. The Hall–Kier alpha value is -1.74. The minimum absolute atomic E-state index is 0.205. The van der Waals surface area contributed by atoms with Gasteiger partial charge < -0.3 is 14.1 Å². The topological polar surface area (TPSA) is 83.5 Å². The van der Waals surface area contributed by atoms with Crippen molar-refractivity contribution in [2.45, 2.75) is 5.51 Å². The van der Waals surface area contributed by atoms with Crippen LogP contribution in [0.4, 0.5) is 13.2 Å². The van der Waals surface area contributed by atoms with Gasteiger partial charge >= 0.3 is 15.6 Å². The highest BCUT2D eigenvalue weighted by atomic mass is 35.5. The number of hydrogen-bond donors (Lipinski definition) is 0. The molecule has 0 amide bonds. The quantitative estimate of drug-likeness (QED) is 0.473. The zero-order valence-electron chi connectivity index (χ0n) is 9.35. The fourth-order valence-corrected chi connectivity index (χ4v) is 1.77. The monoisotopic (exact) mass is 329 g/mol. The molecular weight excluding hydrogens is 325 g/mol. The van der Waals surface area contributed by atoms with E-state index in [9.17, 15) is 31.5 Å². The number of carbonyl (C=O) groups excluding carboxylic acids is 1. The smallest absolute Gasteiger partial charge is 0.534 e. The summed E-state index contributed by atoms with van der Waals surface area (Å²) in [4.78, 5) is 10.2. The van der Waals surface area contributed by atoms with Gasteiger partial charge in [0.2, 0.25) is 0 Å². The highest BCUT2D eigenvalue weighted by Crippen LogP contribution is 2.32. The van der Waals surface area contributed by atoms with E-state index in [0.29, 0.717) is 6.08 Å². The number of hydrogen-bond acceptors (Lipinski definition) is 5. The lowest BCUT2D eigenvalue weighted by molar-refractivity contribution is -0.297. The summed E-state index contributed by atoms with van der Waals surface area (Å²) in [5.41, 5.74) is -5.37. The van der Waals surface area contributed by atoms with Crippen LogP contribution in [0.5, 0.6) is 5.75 Å². The van der Waals surface area contributed by atoms with Gasteiger partial charge in [-0.2, -0.15) is 21.6 Å². The molecule has 0 N–H and O–H groups in total.